The lowest BCUT2D eigenvalue weighted by molar-refractivity contribution is -0.150. The Morgan fingerprint density at radius 3 is 2.43 bits per heavy atom. The molecule has 1 heterocycles. The highest BCUT2D eigenvalue weighted by Crippen LogP contribution is 2.32. The van der Waals surface area contributed by atoms with Crippen LogP contribution in [0.3, 0.4) is 0 Å². The number of carboxylic acids is 1. The Kier molecular flexibility index (Phi) is 4.73. The number of hydrogen-bond donors (Lipinski definition) is 1. The highest BCUT2D eigenvalue weighted by Gasteiger charge is 2.38. The van der Waals surface area contributed by atoms with E-state index < -0.39 is 11.5 Å². The van der Waals surface area contributed by atoms with Crippen molar-refractivity contribution in [3.05, 3.63) is 23.8 Å². The van der Waals surface area contributed by atoms with Gasteiger partial charge in [0.1, 0.15) is 18.8 Å². The molecule has 0 fully saturated rings. The lowest BCUT2D eigenvalue weighted by Gasteiger charge is -2.36. The Labute approximate surface area is 125 Å². The van der Waals surface area contributed by atoms with Crippen LogP contribution in [0.2, 0.25) is 0 Å². The van der Waals surface area contributed by atoms with E-state index in [1.165, 1.54) is 0 Å². The number of rotatable bonds is 6. The topological polar surface area (TPSA) is 59.0 Å². The van der Waals surface area contributed by atoms with Crippen LogP contribution in [-0.2, 0) is 11.2 Å². The summed E-state index contributed by atoms with van der Waals surface area (Å²) in [5.74, 6) is 0.622. The second-order valence-corrected chi connectivity index (χ2v) is 5.41. The van der Waals surface area contributed by atoms with Crippen LogP contribution < -0.4 is 9.47 Å². The average molecular weight is 293 g/mol. The third kappa shape index (κ3) is 3.13. The molecular weight excluding hydrogens is 270 g/mol. The molecule has 0 spiro atoms. The zero-order valence-electron chi connectivity index (χ0n) is 12.9. The summed E-state index contributed by atoms with van der Waals surface area (Å²) in [5.41, 5.74) is 0.0174. The molecular formula is C16H23NO4. The van der Waals surface area contributed by atoms with E-state index >= 15 is 0 Å². The Morgan fingerprint density at radius 1 is 1.24 bits per heavy atom. The maximum absolute atomic E-state index is 11.8. The third-order valence-electron chi connectivity index (χ3n) is 4.08. The summed E-state index contributed by atoms with van der Waals surface area (Å²) in [6, 6.07) is 5.66. The van der Waals surface area contributed by atoms with E-state index in [0.29, 0.717) is 38.5 Å². The molecule has 2 rings (SSSR count). The minimum absolute atomic E-state index is 0.431. The van der Waals surface area contributed by atoms with Gasteiger partial charge >= 0.3 is 5.97 Å². The van der Waals surface area contributed by atoms with Crippen LogP contribution in [0.5, 0.6) is 11.5 Å². The van der Waals surface area contributed by atoms with E-state index in [1.807, 2.05) is 36.9 Å². The van der Waals surface area contributed by atoms with Crippen LogP contribution in [0.4, 0.5) is 0 Å². The van der Waals surface area contributed by atoms with Crippen molar-refractivity contribution in [3.8, 4) is 11.5 Å². The van der Waals surface area contributed by atoms with Gasteiger partial charge in [-0.3, -0.25) is 9.69 Å². The fourth-order valence-electron chi connectivity index (χ4n) is 2.84. The van der Waals surface area contributed by atoms with Crippen molar-refractivity contribution >= 4 is 5.97 Å². The van der Waals surface area contributed by atoms with Crippen LogP contribution in [-0.4, -0.2) is 47.8 Å². The first kappa shape index (κ1) is 15.6. The van der Waals surface area contributed by atoms with Gasteiger partial charge in [-0.1, -0.05) is 19.9 Å². The summed E-state index contributed by atoms with van der Waals surface area (Å²) in [7, 11) is 0. The van der Waals surface area contributed by atoms with Crippen molar-refractivity contribution in [3.63, 3.8) is 0 Å². The molecule has 0 aromatic heterocycles. The Bertz CT molecular complexity index is 513. The first-order chi connectivity index (χ1) is 10.0. The Balaban J connectivity index is 2.26. The van der Waals surface area contributed by atoms with E-state index in [0.717, 1.165) is 11.3 Å². The van der Waals surface area contributed by atoms with Gasteiger partial charge in [0.05, 0.1) is 0 Å². The van der Waals surface area contributed by atoms with Crippen molar-refractivity contribution in [1.82, 2.24) is 4.90 Å². The summed E-state index contributed by atoms with van der Waals surface area (Å²) >= 11 is 0. The molecule has 1 aliphatic heterocycles. The number of benzene rings is 1. The summed E-state index contributed by atoms with van der Waals surface area (Å²) in [5, 5.41) is 9.67. The molecule has 1 aromatic carbocycles. The van der Waals surface area contributed by atoms with Gasteiger partial charge in [0.15, 0.2) is 11.5 Å². The zero-order valence-corrected chi connectivity index (χ0v) is 12.9. The summed E-state index contributed by atoms with van der Waals surface area (Å²) in [6.07, 6.45) is 0.431. The minimum Gasteiger partial charge on any atom is -0.486 e. The molecule has 21 heavy (non-hydrogen) atoms. The maximum atomic E-state index is 11.8. The molecule has 5 nitrogen and oxygen atoms in total. The van der Waals surface area contributed by atoms with Gasteiger partial charge in [0, 0.05) is 6.42 Å². The van der Waals surface area contributed by atoms with E-state index in [1.54, 1.807) is 6.92 Å². The standard InChI is InChI=1S/C16H23NO4/c1-4-17(5-2)16(3,15(18)19)11-12-6-7-13-14(10-12)21-9-8-20-13/h6-7,10H,4-5,8-9,11H2,1-3H3,(H,18,19). The van der Waals surface area contributed by atoms with E-state index in [4.69, 9.17) is 9.47 Å². The fourth-order valence-corrected chi connectivity index (χ4v) is 2.84. The van der Waals surface area contributed by atoms with Crippen molar-refractivity contribution in [2.24, 2.45) is 0 Å². The Morgan fingerprint density at radius 2 is 1.86 bits per heavy atom. The number of fused-ring (bicyclic) bond motifs is 1. The molecule has 1 unspecified atom stereocenters. The lowest BCUT2D eigenvalue weighted by atomic mass is 9.90. The van der Waals surface area contributed by atoms with Gasteiger partial charge in [-0.2, -0.15) is 0 Å². The SMILES string of the molecule is CCN(CC)C(C)(Cc1ccc2c(c1)OCCO2)C(=O)O. The van der Waals surface area contributed by atoms with Crippen molar-refractivity contribution in [2.45, 2.75) is 32.7 Å². The molecule has 1 atom stereocenters. The van der Waals surface area contributed by atoms with Crippen molar-refractivity contribution in [1.29, 1.82) is 0 Å². The van der Waals surface area contributed by atoms with Crippen molar-refractivity contribution < 1.29 is 19.4 Å². The molecule has 5 heteroatoms. The summed E-state index contributed by atoms with van der Waals surface area (Å²) in [6.45, 7) is 8.22. The van der Waals surface area contributed by atoms with Gasteiger partial charge in [-0.25, -0.2) is 0 Å². The highest BCUT2D eigenvalue weighted by atomic mass is 16.6. The van der Waals surface area contributed by atoms with E-state index in [-0.39, 0.29) is 0 Å². The first-order valence-corrected chi connectivity index (χ1v) is 7.38. The molecule has 0 aliphatic carbocycles. The molecule has 0 saturated carbocycles. The Hall–Kier alpha value is -1.75. The van der Waals surface area contributed by atoms with E-state index in [2.05, 4.69) is 0 Å². The van der Waals surface area contributed by atoms with Gasteiger partial charge in [0.2, 0.25) is 0 Å². The molecule has 1 aromatic rings. The number of carboxylic acid groups (broad SMARTS) is 1. The van der Waals surface area contributed by atoms with Gasteiger partial charge in [0.25, 0.3) is 0 Å². The summed E-state index contributed by atoms with van der Waals surface area (Å²) < 4.78 is 11.1. The molecule has 0 amide bonds. The normalized spacial score (nSPS) is 16.6. The lowest BCUT2D eigenvalue weighted by Crippen LogP contribution is -2.53. The first-order valence-electron chi connectivity index (χ1n) is 7.38. The molecule has 116 valence electrons. The average Bonchev–Trinajstić information content (AvgIpc) is 2.48. The molecule has 0 radical (unpaired) electrons. The van der Waals surface area contributed by atoms with Crippen LogP contribution in [0, 0.1) is 0 Å². The maximum Gasteiger partial charge on any atom is 0.324 e. The smallest absolute Gasteiger partial charge is 0.324 e. The van der Waals surface area contributed by atoms with Gasteiger partial charge < -0.3 is 14.6 Å². The number of ether oxygens (including phenoxy) is 2. The number of hydrogen-bond acceptors (Lipinski definition) is 4. The minimum atomic E-state index is -0.923. The molecule has 0 saturated heterocycles. The monoisotopic (exact) mass is 293 g/mol. The third-order valence-corrected chi connectivity index (χ3v) is 4.08. The largest absolute Gasteiger partial charge is 0.486 e. The zero-order chi connectivity index (χ0) is 15.5. The molecule has 1 N–H and O–H groups in total. The molecule has 1 aliphatic rings. The van der Waals surface area contributed by atoms with Crippen molar-refractivity contribution in [2.75, 3.05) is 26.3 Å². The predicted octanol–water partition coefficient (Wildman–Crippen LogP) is 2.19. The quantitative estimate of drug-likeness (QED) is 0.871. The number of carbonyl (C=O) groups is 1. The second kappa shape index (κ2) is 6.35. The number of likely N-dealkylation sites (N-methyl/N-ethyl adjacent to an activating group) is 1. The highest BCUT2D eigenvalue weighted by molar-refractivity contribution is 5.78. The van der Waals surface area contributed by atoms with Gasteiger partial charge in [-0.15, -0.1) is 0 Å². The van der Waals surface area contributed by atoms with Crippen LogP contribution >= 0.6 is 0 Å². The number of nitrogens with zero attached hydrogens (tertiary/aromatic N) is 1. The van der Waals surface area contributed by atoms with E-state index in [9.17, 15) is 9.90 Å². The van der Waals surface area contributed by atoms with Crippen LogP contribution in [0.1, 0.15) is 26.3 Å². The van der Waals surface area contributed by atoms with Crippen LogP contribution in [0.25, 0.3) is 0 Å². The molecule has 0 bridgehead atoms. The fraction of sp³-hybridized carbons (Fsp3) is 0.562. The summed E-state index contributed by atoms with van der Waals surface area (Å²) in [4.78, 5) is 13.7. The predicted molar refractivity (Wildman–Crippen MR) is 80.1 cm³/mol. The second-order valence-electron chi connectivity index (χ2n) is 5.41. The van der Waals surface area contributed by atoms with Crippen LogP contribution in [0.15, 0.2) is 18.2 Å². The van der Waals surface area contributed by atoms with Gasteiger partial charge in [-0.05, 0) is 37.7 Å². The number of aliphatic carboxylic acids is 1.